The molecule has 2 heterocycles. The number of carbonyl (C=O) groups is 1. The number of hydrogen-bond donors (Lipinski definition) is 1. The summed E-state index contributed by atoms with van der Waals surface area (Å²) in [6.45, 7) is 0.0790. The maximum Gasteiger partial charge on any atom is 0.267 e. The lowest BCUT2D eigenvalue weighted by Gasteiger charge is -2.21. The van der Waals surface area contributed by atoms with Crippen LogP contribution in [0.1, 0.15) is 6.42 Å². The number of benzene rings is 2. The zero-order valence-electron chi connectivity index (χ0n) is 15.8. The molecule has 1 aliphatic rings. The Morgan fingerprint density at radius 2 is 2.00 bits per heavy atom. The topological polar surface area (TPSA) is 101 Å². The van der Waals surface area contributed by atoms with Crippen LogP contribution < -0.4 is 14.4 Å². The summed E-state index contributed by atoms with van der Waals surface area (Å²) < 4.78 is 31.5. The fourth-order valence-electron chi connectivity index (χ4n) is 3.04. The second-order valence-electron chi connectivity index (χ2n) is 6.61. The van der Waals surface area contributed by atoms with E-state index in [2.05, 4.69) is 15.5 Å². The quantitative estimate of drug-likeness (QED) is 0.634. The highest BCUT2D eigenvalue weighted by atomic mass is 35.5. The molecule has 0 bridgehead atoms. The Labute approximate surface area is 182 Å². The average Bonchev–Trinajstić information content (AvgIpc) is 3.07. The summed E-state index contributed by atoms with van der Waals surface area (Å²) in [5.74, 6) is -0.160. The number of nitrogens with zero attached hydrogens (tertiary/aromatic N) is 3. The van der Waals surface area contributed by atoms with E-state index in [-0.39, 0.29) is 18.7 Å². The Hall–Kier alpha value is -2.69. The molecule has 1 amide bonds. The molecule has 0 unspecified atom stereocenters. The minimum absolute atomic E-state index is 0.0790. The summed E-state index contributed by atoms with van der Waals surface area (Å²) in [6, 6.07) is 14.1. The Balaban J connectivity index is 1.54. The summed E-state index contributed by atoms with van der Waals surface area (Å²) in [5, 5.41) is 12.2. The van der Waals surface area contributed by atoms with Crippen molar-refractivity contribution < 1.29 is 17.9 Å². The SMILES string of the molecule is CS(=O)(=O)N1CC[C@H](C(=O)Nc2nnc(-c3ccccc3)s2)Oc2ccc(Cl)cc21. The number of sulfonamides is 1. The number of hydrogen-bond acceptors (Lipinski definition) is 7. The largest absolute Gasteiger partial charge is 0.478 e. The number of fused-ring (bicyclic) bond motifs is 1. The maximum absolute atomic E-state index is 12.8. The van der Waals surface area contributed by atoms with E-state index in [1.165, 1.54) is 21.7 Å². The Bertz CT molecular complexity index is 1180. The van der Waals surface area contributed by atoms with Gasteiger partial charge in [0.15, 0.2) is 6.10 Å². The van der Waals surface area contributed by atoms with Crippen molar-refractivity contribution in [3.63, 3.8) is 0 Å². The molecule has 1 atom stereocenters. The van der Waals surface area contributed by atoms with Crippen molar-refractivity contribution in [3.8, 4) is 16.3 Å². The molecular weight excluding hydrogens is 448 g/mol. The third kappa shape index (κ3) is 4.40. The van der Waals surface area contributed by atoms with Gasteiger partial charge in [0.25, 0.3) is 5.91 Å². The number of carbonyl (C=O) groups excluding carboxylic acids is 1. The first-order chi connectivity index (χ1) is 14.3. The molecule has 2 aromatic carbocycles. The second kappa shape index (κ2) is 8.21. The van der Waals surface area contributed by atoms with Gasteiger partial charge < -0.3 is 4.74 Å². The number of aromatic nitrogens is 2. The van der Waals surface area contributed by atoms with Crippen LogP contribution in [0.2, 0.25) is 5.02 Å². The molecule has 3 aromatic rings. The van der Waals surface area contributed by atoms with Crippen LogP contribution in [0.5, 0.6) is 5.75 Å². The molecule has 156 valence electrons. The van der Waals surface area contributed by atoms with Crippen LogP contribution >= 0.6 is 22.9 Å². The first-order valence-electron chi connectivity index (χ1n) is 8.95. The predicted octanol–water partition coefficient (Wildman–Crippen LogP) is 3.41. The van der Waals surface area contributed by atoms with E-state index in [9.17, 15) is 13.2 Å². The van der Waals surface area contributed by atoms with Gasteiger partial charge in [-0.05, 0) is 18.2 Å². The molecular formula is C19H17ClN4O4S2. The average molecular weight is 465 g/mol. The van der Waals surface area contributed by atoms with Crippen LogP contribution in [0, 0.1) is 0 Å². The van der Waals surface area contributed by atoms with Gasteiger partial charge in [0.05, 0.1) is 11.9 Å². The van der Waals surface area contributed by atoms with E-state index in [0.29, 0.717) is 20.8 Å². The van der Waals surface area contributed by atoms with Crippen molar-refractivity contribution in [1.82, 2.24) is 10.2 Å². The molecule has 11 heteroatoms. The van der Waals surface area contributed by atoms with Crippen molar-refractivity contribution >= 4 is 49.7 Å². The minimum Gasteiger partial charge on any atom is -0.478 e. The molecule has 0 aliphatic carbocycles. The normalized spacial score (nSPS) is 16.3. The van der Waals surface area contributed by atoms with E-state index in [4.69, 9.17) is 16.3 Å². The molecule has 1 aromatic heterocycles. The van der Waals surface area contributed by atoms with E-state index in [0.717, 1.165) is 11.8 Å². The minimum atomic E-state index is -3.57. The lowest BCUT2D eigenvalue weighted by Crippen LogP contribution is -2.35. The summed E-state index contributed by atoms with van der Waals surface area (Å²) in [7, 11) is -3.57. The van der Waals surface area contributed by atoms with Crippen LogP contribution in [-0.2, 0) is 14.8 Å². The first-order valence-corrected chi connectivity index (χ1v) is 12.0. The fourth-order valence-corrected chi connectivity index (χ4v) is 4.89. The van der Waals surface area contributed by atoms with Gasteiger partial charge in [0.1, 0.15) is 10.8 Å². The maximum atomic E-state index is 12.8. The predicted molar refractivity (Wildman–Crippen MR) is 117 cm³/mol. The molecule has 0 saturated carbocycles. The summed E-state index contributed by atoms with van der Waals surface area (Å²) in [5.41, 5.74) is 1.21. The number of ether oxygens (including phenoxy) is 1. The number of anilines is 2. The van der Waals surface area contributed by atoms with Gasteiger partial charge in [0, 0.05) is 23.6 Å². The molecule has 0 fully saturated rings. The standard InChI is InChI=1S/C19H17ClN4O4S2/c1-30(26,27)24-10-9-16(28-15-8-7-13(20)11-14(15)24)17(25)21-19-23-22-18(29-19)12-5-3-2-4-6-12/h2-8,11,16H,9-10H2,1H3,(H,21,23,25)/t16-/m1/s1. The van der Waals surface area contributed by atoms with Gasteiger partial charge in [-0.25, -0.2) is 8.42 Å². The zero-order chi connectivity index (χ0) is 21.3. The molecule has 0 saturated heterocycles. The van der Waals surface area contributed by atoms with E-state index >= 15 is 0 Å². The van der Waals surface area contributed by atoms with Crippen LogP contribution in [-0.4, -0.2) is 43.4 Å². The zero-order valence-corrected chi connectivity index (χ0v) is 18.2. The number of amides is 1. The van der Waals surface area contributed by atoms with E-state index in [1.54, 1.807) is 12.1 Å². The fraction of sp³-hybridized carbons (Fsp3) is 0.211. The molecule has 4 rings (SSSR count). The molecule has 0 spiro atoms. The summed E-state index contributed by atoms with van der Waals surface area (Å²) >= 11 is 7.28. The van der Waals surface area contributed by atoms with Crippen LogP contribution in [0.4, 0.5) is 10.8 Å². The van der Waals surface area contributed by atoms with E-state index < -0.39 is 22.0 Å². The van der Waals surface area contributed by atoms with Gasteiger partial charge >= 0.3 is 0 Å². The lowest BCUT2D eigenvalue weighted by molar-refractivity contribution is -0.122. The molecule has 1 aliphatic heterocycles. The van der Waals surface area contributed by atoms with Gasteiger partial charge in [-0.2, -0.15) is 0 Å². The summed E-state index contributed by atoms with van der Waals surface area (Å²) in [6.07, 6.45) is 0.362. The highest BCUT2D eigenvalue weighted by molar-refractivity contribution is 7.92. The van der Waals surface area contributed by atoms with Gasteiger partial charge in [0.2, 0.25) is 15.2 Å². The Kier molecular flexibility index (Phi) is 5.63. The van der Waals surface area contributed by atoms with Gasteiger partial charge in [-0.3, -0.25) is 14.4 Å². The Morgan fingerprint density at radius 1 is 1.23 bits per heavy atom. The van der Waals surface area contributed by atoms with Crippen molar-refractivity contribution in [2.45, 2.75) is 12.5 Å². The highest BCUT2D eigenvalue weighted by Gasteiger charge is 2.31. The molecule has 0 radical (unpaired) electrons. The monoisotopic (exact) mass is 464 g/mol. The number of nitrogens with one attached hydrogen (secondary N) is 1. The smallest absolute Gasteiger partial charge is 0.267 e. The van der Waals surface area contributed by atoms with Gasteiger partial charge in [-0.15, -0.1) is 10.2 Å². The number of halogens is 1. The third-order valence-corrected chi connectivity index (χ3v) is 6.72. The second-order valence-corrected chi connectivity index (χ2v) is 9.93. The van der Waals surface area contributed by atoms with Crippen LogP contribution in [0.15, 0.2) is 48.5 Å². The van der Waals surface area contributed by atoms with Crippen molar-refractivity contribution in [2.75, 3.05) is 22.4 Å². The van der Waals surface area contributed by atoms with Crippen molar-refractivity contribution in [3.05, 3.63) is 53.6 Å². The third-order valence-electron chi connectivity index (χ3n) is 4.42. The van der Waals surface area contributed by atoms with Crippen molar-refractivity contribution in [2.24, 2.45) is 0 Å². The van der Waals surface area contributed by atoms with E-state index in [1.807, 2.05) is 30.3 Å². The lowest BCUT2D eigenvalue weighted by atomic mass is 10.2. The molecule has 1 N–H and O–H groups in total. The highest BCUT2D eigenvalue weighted by Crippen LogP contribution is 2.36. The Morgan fingerprint density at radius 3 is 2.73 bits per heavy atom. The summed E-state index contributed by atoms with van der Waals surface area (Å²) in [4.78, 5) is 12.8. The molecule has 30 heavy (non-hydrogen) atoms. The first kappa shape index (κ1) is 20.6. The molecule has 8 nitrogen and oxygen atoms in total. The van der Waals surface area contributed by atoms with Crippen LogP contribution in [0.25, 0.3) is 10.6 Å². The van der Waals surface area contributed by atoms with Crippen molar-refractivity contribution in [1.29, 1.82) is 0 Å². The van der Waals surface area contributed by atoms with Crippen LogP contribution in [0.3, 0.4) is 0 Å². The van der Waals surface area contributed by atoms with Gasteiger partial charge in [-0.1, -0.05) is 53.3 Å². The number of rotatable bonds is 4.